The normalized spacial score (nSPS) is 13.0. The summed E-state index contributed by atoms with van der Waals surface area (Å²) in [5, 5.41) is 0. The van der Waals surface area contributed by atoms with Crippen LogP contribution < -0.4 is 0 Å². The first-order valence-corrected chi connectivity index (χ1v) is 11.3. The van der Waals surface area contributed by atoms with E-state index < -0.39 is 17.1 Å². The first kappa shape index (κ1) is 18.3. The Morgan fingerprint density at radius 2 is 1.22 bits per heavy atom. The van der Waals surface area contributed by atoms with Crippen LogP contribution in [0.15, 0.2) is 0 Å². The van der Waals surface area contributed by atoms with E-state index in [0.717, 1.165) is 19.1 Å². The molecule has 0 aromatic carbocycles. The first-order valence-electron chi connectivity index (χ1n) is 6.87. The highest BCUT2D eigenvalue weighted by Gasteiger charge is 2.37. The highest BCUT2D eigenvalue weighted by atomic mass is 28.4. The standard InChI is InChI=1S/C12H30O4Si2/c1-7-17(8-2,9-3)16-11-10-12-18(13-4,14-5)15-6/h7-12H2,1-6H3. The van der Waals surface area contributed by atoms with Gasteiger partial charge in [0.2, 0.25) is 0 Å². The highest BCUT2D eigenvalue weighted by molar-refractivity contribution is 6.73. The van der Waals surface area contributed by atoms with E-state index in [1.165, 1.54) is 18.1 Å². The maximum absolute atomic E-state index is 6.20. The quantitative estimate of drug-likeness (QED) is 0.433. The van der Waals surface area contributed by atoms with Crippen LogP contribution in [0.2, 0.25) is 24.2 Å². The van der Waals surface area contributed by atoms with E-state index >= 15 is 0 Å². The molecule has 0 N–H and O–H groups in total. The maximum Gasteiger partial charge on any atom is 0.500 e. The van der Waals surface area contributed by atoms with Crippen molar-refractivity contribution in [3.05, 3.63) is 0 Å². The van der Waals surface area contributed by atoms with E-state index in [1.807, 2.05) is 0 Å². The Balaban J connectivity index is 4.11. The zero-order valence-electron chi connectivity index (χ0n) is 12.9. The minimum absolute atomic E-state index is 0.798. The van der Waals surface area contributed by atoms with E-state index in [4.69, 9.17) is 17.7 Å². The fourth-order valence-corrected chi connectivity index (χ4v) is 6.57. The van der Waals surface area contributed by atoms with E-state index in [0.29, 0.717) is 0 Å². The molecule has 0 aliphatic heterocycles. The molecule has 0 bridgehead atoms. The third-order valence-electron chi connectivity index (χ3n) is 3.90. The van der Waals surface area contributed by atoms with Crippen molar-refractivity contribution in [1.29, 1.82) is 0 Å². The van der Waals surface area contributed by atoms with Crippen molar-refractivity contribution in [2.75, 3.05) is 27.9 Å². The SMILES string of the molecule is CC[Si](CC)(CC)OCCC[Si](OC)(OC)OC. The van der Waals surface area contributed by atoms with Crippen LogP contribution in [-0.4, -0.2) is 45.1 Å². The summed E-state index contributed by atoms with van der Waals surface area (Å²) in [6.45, 7) is 7.54. The summed E-state index contributed by atoms with van der Waals surface area (Å²) in [6, 6.07) is 4.41. The molecule has 0 aliphatic carbocycles. The molecule has 0 heterocycles. The summed E-state index contributed by atoms with van der Waals surface area (Å²) in [6.07, 6.45) is 0.941. The van der Waals surface area contributed by atoms with Crippen molar-refractivity contribution in [3.63, 3.8) is 0 Å². The highest BCUT2D eigenvalue weighted by Crippen LogP contribution is 2.23. The second kappa shape index (κ2) is 9.22. The summed E-state index contributed by atoms with van der Waals surface area (Å²) >= 11 is 0. The van der Waals surface area contributed by atoms with Gasteiger partial charge >= 0.3 is 8.80 Å². The van der Waals surface area contributed by atoms with Gasteiger partial charge in [0.25, 0.3) is 0 Å². The molecule has 0 aliphatic rings. The second-order valence-corrected chi connectivity index (χ2v) is 12.4. The molecular weight excluding hydrogens is 264 g/mol. The van der Waals surface area contributed by atoms with Gasteiger partial charge in [0.1, 0.15) is 0 Å². The van der Waals surface area contributed by atoms with Gasteiger partial charge in [-0.05, 0) is 24.6 Å². The van der Waals surface area contributed by atoms with E-state index in [9.17, 15) is 0 Å². The van der Waals surface area contributed by atoms with Crippen LogP contribution in [0, 0.1) is 0 Å². The van der Waals surface area contributed by atoms with Gasteiger partial charge in [-0.2, -0.15) is 0 Å². The van der Waals surface area contributed by atoms with Crippen molar-refractivity contribution in [2.24, 2.45) is 0 Å². The predicted octanol–water partition coefficient (Wildman–Crippen LogP) is 3.28. The average molecular weight is 295 g/mol. The summed E-state index contributed by atoms with van der Waals surface area (Å²) < 4.78 is 22.4. The average Bonchev–Trinajstić information content (AvgIpc) is 2.45. The van der Waals surface area contributed by atoms with Gasteiger partial charge in [0.15, 0.2) is 8.32 Å². The molecule has 0 saturated heterocycles. The van der Waals surface area contributed by atoms with E-state index in [2.05, 4.69) is 20.8 Å². The van der Waals surface area contributed by atoms with E-state index in [-0.39, 0.29) is 0 Å². The monoisotopic (exact) mass is 294 g/mol. The topological polar surface area (TPSA) is 36.9 Å². The number of hydrogen-bond donors (Lipinski definition) is 0. The zero-order valence-corrected chi connectivity index (χ0v) is 14.9. The van der Waals surface area contributed by atoms with Crippen LogP contribution in [0.3, 0.4) is 0 Å². The molecule has 18 heavy (non-hydrogen) atoms. The molecule has 0 atom stereocenters. The molecule has 4 nitrogen and oxygen atoms in total. The Morgan fingerprint density at radius 1 is 0.778 bits per heavy atom. The van der Waals surface area contributed by atoms with Gasteiger partial charge in [0.05, 0.1) is 0 Å². The number of hydrogen-bond acceptors (Lipinski definition) is 4. The lowest BCUT2D eigenvalue weighted by molar-refractivity contribution is 0.120. The van der Waals surface area contributed by atoms with Crippen LogP contribution in [0.25, 0.3) is 0 Å². The van der Waals surface area contributed by atoms with Gasteiger partial charge < -0.3 is 17.7 Å². The lowest BCUT2D eigenvalue weighted by Gasteiger charge is -2.29. The Kier molecular flexibility index (Phi) is 9.36. The van der Waals surface area contributed by atoms with Crippen molar-refractivity contribution in [2.45, 2.75) is 51.4 Å². The van der Waals surface area contributed by atoms with Crippen molar-refractivity contribution < 1.29 is 17.7 Å². The fourth-order valence-electron chi connectivity index (χ4n) is 2.19. The molecule has 0 saturated carbocycles. The third-order valence-corrected chi connectivity index (χ3v) is 11.4. The molecule has 0 amide bonds. The van der Waals surface area contributed by atoms with Crippen molar-refractivity contribution in [3.8, 4) is 0 Å². The zero-order chi connectivity index (χ0) is 14.1. The van der Waals surface area contributed by atoms with Crippen molar-refractivity contribution in [1.82, 2.24) is 0 Å². The lowest BCUT2D eigenvalue weighted by Crippen LogP contribution is -2.43. The summed E-state index contributed by atoms with van der Waals surface area (Å²) in [7, 11) is 1.11. The Hall–Kier alpha value is 0.274. The smallest absolute Gasteiger partial charge is 0.417 e. The largest absolute Gasteiger partial charge is 0.500 e. The molecule has 110 valence electrons. The van der Waals surface area contributed by atoms with Gasteiger partial charge in [-0.15, -0.1) is 0 Å². The molecule has 0 unspecified atom stereocenters. The van der Waals surface area contributed by atoms with E-state index in [1.54, 1.807) is 21.3 Å². The molecule has 0 rings (SSSR count). The van der Waals surface area contributed by atoms with Crippen LogP contribution in [0.1, 0.15) is 27.2 Å². The van der Waals surface area contributed by atoms with Crippen LogP contribution in [0.4, 0.5) is 0 Å². The first-order chi connectivity index (χ1) is 8.57. The molecule has 0 fully saturated rings. The van der Waals surface area contributed by atoms with Crippen LogP contribution in [0.5, 0.6) is 0 Å². The van der Waals surface area contributed by atoms with Crippen molar-refractivity contribution >= 4 is 17.1 Å². The fraction of sp³-hybridized carbons (Fsp3) is 1.00. The minimum Gasteiger partial charge on any atom is -0.417 e. The molecule has 0 aromatic rings. The Labute approximate surface area is 114 Å². The summed E-state index contributed by atoms with van der Waals surface area (Å²) in [5.41, 5.74) is 0. The predicted molar refractivity (Wildman–Crippen MR) is 79.4 cm³/mol. The Morgan fingerprint density at radius 3 is 1.56 bits per heavy atom. The van der Waals surface area contributed by atoms with Gasteiger partial charge in [-0.1, -0.05) is 20.8 Å². The summed E-state index contributed by atoms with van der Waals surface area (Å²) in [4.78, 5) is 0. The molecular formula is C12H30O4Si2. The molecule has 0 spiro atoms. The van der Waals surface area contributed by atoms with Gasteiger partial charge in [-0.3, -0.25) is 0 Å². The Bertz CT molecular complexity index is 168. The lowest BCUT2D eigenvalue weighted by atomic mass is 10.5. The minimum atomic E-state index is -2.41. The maximum atomic E-state index is 6.20. The molecule has 6 heteroatoms. The van der Waals surface area contributed by atoms with Gasteiger partial charge in [0, 0.05) is 34.0 Å². The molecule has 0 aromatic heterocycles. The number of rotatable bonds is 11. The van der Waals surface area contributed by atoms with Crippen LogP contribution in [-0.2, 0) is 17.7 Å². The van der Waals surface area contributed by atoms with Gasteiger partial charge in [-0.25, -0.2) is 0 Å². The summed E-state index contributed by atoms with van der Waals surface area (Å²) in [5.74, 6) is 0. The third kappa shape index (κ3) is 5.10. The molecule has 0 radical (unpaired) electrons. The van der Waals surface area contributed by atoms with Crippen LogP contribution >= 0.6 is 0 Å². The second-order valence-electron chi connectivity index (χ2n) is 4.49.